The van der Waals surface area contributed by atoms with Crippen LogP contribution >= 0.6 is 0 Å². The van der Waals surface area contributed by atoms with Crippen LogP contribution in [0.4, 0.5) is 0 Å². The number of ether oxygens (including phenoxy) is 1. The van der Waals surface area contributed by atoms with Crippen LogP contribution in [0, 0.1) is 0 Å². The Morgan fingerprint density at radius 1 is 1.22 bits per heavy atom. The van der Waals surface area contributed by atoms with Crippen LogP contribution in [0.5, 0.6) is 5.75 Å². The fourth-order valence-corrected chi connectivity index (χ4v) is 3.12. The van der Waals surface area contributed by atoms with E-state index in [9.17, 15) is 9.59 Å². The lowest BCUT2D eigenvalue weighted by Gasteiger charge is -2.25. The van der Waals surface area contributed by atoms with Crippen LogP contribution < -0.4 is 10.3 Å². The Kier molecular flexibility index (Phi) is 4.46. The molecule has 1 amide bonds. The van der Waals surface area contributed by atoms with E-state index in [-0.39, 0.29) is 29.8 Å². The Bertz CT molecular complexity index is 739. The highest BCUT2D eigenvalue weighted by molar-refractivity contribution is 5.77. The summed E-state index contributed by atoms with van der Waals surface area (Å²) in [5, 5.41) is 0. The molecule has 0 saturated carbocycles. The van der Waals surface area contributed by atoms with E-state index >= 15 is 0 Å². The molecule has 3 rings (SSSR count). The maximum Gasteiger partial charge on any atom is 0.293 e. The quantitative estimate of drug-likeness (QED) is 0.870. The Morgan fingerprint density at radius 3 is 2.74 bits per heavy atom. The van der Waals surface area contributed by atoms with Gasteiger partial charge in [-0.2, -0.15) is 0 Å². The zero-order valence-electron chi connectivity index (χ0n) is 13.1. The highest BCUT2D eigenvalue weighted by Gasteiger charge is 2.29. The smallest absolute Gasteiger partial charge is 0.293 e. The van der Waals surface area contributed by atoms with E-state index in [2.05, 4.69) is 0 Å². The average Bonchev–Trinajstić information content (AvgIpc) is 3.07. The molecule has 1 aromatic carbocycles. The van der Waals surface area contributed by atoms with Gasteiger partial charge in [0, 0.05) is 12.7 Å². The van der Waals surface area contributed by atoms with Crippen molar-refractivity contribution in [2.45, 2.75) is 25.4 Å². The predicted molar refractivity (Wildman–Crippen MR) is 87.4 cm³/mol. The van der Waals surface area contributed by atoms with Crippen molar-refractivity contribution in [3.05, 3.63) is 64.6 Å². The number of likely N-dealkylation sites (tertiary alicyclic amines) is 1. The van der Waals surface area contributed by atoms with Crippen molar-refractivity contribution in [1.29, 1.82) is 0 Å². The van der Waals surface area contributed by atoms with Crippen LogP contribution in [0.3, 0.4) is 0 Å². The molecule has 1 fully saturated rings. The lowest BCUT2D eigenvalue weighted by molar-refractivity contribution is -0.132. The molecule has 120 valence electrons. The standard InChI is InChI=1S/C18H20N2O3/c1-23-16-10-6-11-19(18(16)22)13-17(21)20-12-5-9-15(20)14-7-3-2-4-8-14/h2-4,6-8,10-11,15H,5,9,12-13H2,1H3. The number of nitrogens with zero attached hydrogens (tertiary/aromatic N) is 2. The highest BCUT2D eigenvalue weighted by Crippen LogP contribution is 2.31. The summed E-state index contributed by atoms with van der Waals surface area (Å²) in [5.41, 5.74) is 0.871. The molecule has 1 aromatic heterocycles. The molecular formula is C18H20N2O3. The summed E-state index contributed by atoms with van der Waals surface area (Å²) in [6, 6.07) is 13.5. The van der Waals surface area contributed by atoms with Crippen LogP contribution in [-0.2, 0) is 11.3 Å². The number of hydrogen-bond acceptors (Lipinski definition) is 3. The van der Waals surface area contributed by atoms with Gasteiger partial charge >= 0.3 is 0 Å². The average molecular weight is 312 g/mol. The summed E-state index contributed by atoms with van der Waals surface area (Å²) in [5.74, 6) is 0.216. The number of pyridine rings is 1. The molecule has 0 spiro atoms. The van der Waals surface area contributed by atoms with E-state index in [1.54, 1.807) is 18.3 Å². The number of hydrogen-bond donors (Lipinski definition) is 0. The first-order chi connectivity index (χ1) is 11.2. The van der Waals surface area contributed by atoms with Gasteiger partial charge < -0.3 is 14.2 Å². The second kappa shape index (κ2) is 6.69. The van der Waals surface area contributed by atoms with Crippen LogP contribution in [0.15, 0.2) is 53.5 Å². The molecule has 1 aliphatic heterocycles. The molecule has 5 heteroatoms. The van der Waals surface area contributed by atoms with Crippen molar-refractivity contribution in [2.24, 2.45) is 0 Å². The van der Waals surface area contributed by atoms with Crippen LogP contribution in [0.25, 0.3) is 0 Å². The van der Waals surface area contributed by atoms with E-state index in [4.69, 9.17) is 4.74 Å². The molecule has 1 unspecified atom stereocenters. The minimum atomic E-state index is -0.279. The van der Waals surface area contributed by atoms with Gasteiger partial charge in [-0.3, -0.25) is 9.59 Å². The van der Waals surface area contributed by atoms with E-state index in [1.807, 2.05) is 35.2 Å². The Labute approximate surface area is 135 Å². The first-order valence-corrected chi connectivity index (χ1v) is 7.78. The molecular weight excluding hydrogens is 292 g/mol. The third-order valence-corrected chi connectivity index (χ3v) is 4.27. The summed E-state index contributed by atoms with van der Waals surface area (Å²) >= 11 is 0. The number of benzene rings is 1. The molecule has 1 aliphatic rings. The van der Waals surface area contributed by atoms with Gasteiger partial charge in [-0.1, -0.05) is 30.3 Å². The Morgan fingerprint density at radius 2 is 2.00 bits per heavy atom. The summed E-state index contributed by atoms with van der Waals surface area (Å²) < 4.78 is 6.43. The molecule has 0 bridgehead atoms. The summed E-state index contributed by atoms with van der Waals surface area (Å²) in [7, 11) is 1.45. The SMILES string of the molecule is COc1cccn(CC(=O)N2CCCC2c2ccccc2)c1=O. The largest absolute Gasteiger partial charge is 0.491 e. The van der Waals surface area contributed by atoms with Crippen molar-refractivity contribution in [2.75, 3.05) is 13.7 Å². The Balaban J connectivity index is 1.79. The fraction of sp³-hybridized carbons (Fsp3) is 0.333. The maximum atomic E-state index is 12.7. The number of carbonyl (C=O) groups excluding carboxylic acids is 1. The van der Waals surface area contributed by atoms with Gasteiger partial charge in [0.1, 0.15) is 6.54 Å². The summed E-state index contributed by atoms with van der Waals surface area (Å²) in [6.07, 6.45) is 3.57. The molecule has 0 aliphatic carbocycles. The lowest BCUT2D eigenvalue weighted by atomic mass is 10.0. The zero-order valence-corrected chi connectivity index (χ0v) is 13.1. The van der Waals surface area contributed by atoms with E-state index in [0.29, 0.717) is 0 Å². The molecule has 5 nitrogen and oxygen atoms in total. The predicted octanol–water partition coefficient (Wildman–Crippen LogP) is 2.22. The number of carbonyl (C=O) groups is 1. The normalized spacial score (nSPS) is 17.3. The first-order valence-electron chi connectivity index (χ1n) is 7.78. The summed E-state index contributed by atoms with van der Waals surface area (Å²) in [6.45, 7) is 0.774. The number of aromatic nitrogens is 1. The minimum Gasteiger partial charge on any atom is -0.491 e. The van der Waals surface area contributed by atoms with Crippen molar-refractivity contribution < 1.29 is 9.53 Å². The zero-order chi connectivity index (χ0) is 16.2. The van der Waals surface area contributed by atoms with Gasteiger partial charge in [0.25, 0.3) is 5.56 Å². The van der Waals surface area contributed by atoms with Gasteiger partial charge in [0.05, 0.1) is 13.2 Å². The monoisotopic (exact) mass is 312 g/mol. The van der Waals surface area contributed by atoms with Crippen molar-refractivity contribution in [3.63, 3.8) is 0 Å². The fourth-order valence-electron chi connectivity index (χ4n) is 3.12. The maximum absolute atomic E-state index is 12.7. The van der Waals surface area contributed by atoms with E-state index < -0.39 is 0 Å². The molecule has 0 N–H and O–H groups in total. The second-order valence-corrected chi connectivity index (χ2v) is 5.67. The van der Waals surface area contributed by atoms with Crippen molar-refractivity contribution in [1.82, 2.24) is 9.47 Å². The van der Waals surface area contributed by atoms with Crippen LogP contribution in [0.2, 0.25) is 0 Å². The lowest BCUT2D eigenvalue weighted by Crippen LogP contribution is -2.36. The van der Waals surface area contributed by atoms with E-state index in [0.717, 1.165) is 24.9 Å². The molecule has 1 saturated heterocycles. The Hall–Kier alpha value is -2.56. The van der Waals surface area contributed by atoms with Crippen LogP contribution in [0.1, 0.15) is 24.4 Å². The molecule has 2 aromatic rings. The van der Waals surface area contributed by atoms with Gasteiger partial charge in [-0.05, 0) is 30.5 Å². The van der Waals surface area contributed by atoms with E-state index in [1.165, 1.54) is 11.7 Å². The third kappa shape index (κ3) is 3.13. The first kappa shape index (κ1) is 15.3. The number of amides is 1. The molecule has 23 heavy (non-hydrogen) atoms. The van der Waals surface area contributed by atoms with Crippen molar-refractivity contribution >= 4 is 5.91 Å². The van der Waals surface area contributed by atoms with Gasteiger partial charge in [0.15, 0.2) is 5.75 Å². The van der Waals surface area contributed by atoms with Gasteiger partial charge in [0.2, 0.25) is 5.91 Å². The number of rotatable bonds is 4. The molecule has 1 atom stereocenters. The molecule has 2 heterocycles. The van der Waals surface area contributed by atoms with Crippen molar-refractivity contribution in [3.8, 4) is 5.75 Å². The number of methoxy groups -OCH3 is 1. The highest BCUT2D eigenvalue weighted by atomic mass is 16.5. The topological polar surface area (TPSA) is 51.5 Å². The minimum absolute atomic E-state index is 0.0355. The van der Waals surface area contributed by atoms with Crippen LogP contribution in [-0.4, -0.2) is 29.0 Å². The summed E-state index contributed by atoms with van der Waals surface area (Å²) in [4.78, 5) is 26.7. The van der Waals surface area contributed by atoms with Gasteiger partial charge in [-0.15, -0.1) is 0 Å². The third-order valence-electron chi connectivity index (χ3n) is 4.27. The van der Waals surface area contributed by atoms with Gasteiger partial charge in [-0.25, -0.2) is 0 Å². The molecule has 0 radical (unpaired) electrons. The second-order valence-electron chi connectivity index (χ2n) is 5.67.